The largest absolute Gasteiger partial charge is 0.573 e. The first-order valence-electron chi connectivity index (χ1n) is 21.3. The van der Waals surface area contributed by atoms with Crippen LogP contribution in [0, 0.1) is 12.3 Å². The number of thiazole rings is 1. The van der Waals surface area contributed by atoms with Crippen molar-refractivity contribution < 1.29 is 51.7 Å². The Hall–Kier alpha value is -6.21. The number of carbonyl (C=O) groups is 5. The van der Waals surface area contributed by atoms with Gasteiger partial charge in [0.2, 0.25) is 17.7 Å². The highest BCUT2D eigenvalue weighted by Gasteiger charge is 2.44. The minimum atomic E-state index is -4.81. The Morgan fingerprint density at radius 3 is 2.17 bits per heavy atom. The fourth-order valence-corrected chi connectivity index (χ4v) is 8.51. The van der Waals surface area contributed by atoms with Gasteiger partial charge in [0, 0.05) is 49.8 Å². The molecule has 3 atom stereocenters. The van der Waals surface area contributed by atoms with E-state index in [0.29, 0.717) is 42.7 Å². The van der Waals surface area contributed by atoms with E-state index in [0.717, 1.165) is 33.8 Å². The Labute approximate surface area is 378 Å². The Kier molecular flexibility index (Phi) is 15.7. The quantitative estimate of drug-likeness (QED) is 0.0775. The fourth-order valence-electron chi connectivity index (χ4n) is 7.70. The monoisotopic (exact) mass is 921 g/mol. The van der Waals surface area contributed by atoms with Gasteiger partial charge in [0.1, 0.15) is 23.6 Å². The first kappa shape index (κ1) is 48.3. The van der Waals surface area contributed by atoms with Crippen molar-refractivity contribution in [3.63, 3.8) is 0 Å². The number of halogens is 3. The molecule has 2 fully saturated rings. The number of carbonyl (C=O) groups excluding carboxylic acids is 5. The number of aliphatic hydroxyl groups is 1. The molecule has 0 unspecified atom stereocenters. The molecule has 15 nitrogen and oxygen atoms in total. The number of anilines is 1. The molecule has 0 bridgehead atoms. The second kappa shape index (κ2) is 21.2. The summed E-state index contributed by atoms with van der Waals surface area (Å²) in [4.78, 5) is 72.7. The highest BCUT2D eigenvalue weighted by molar-refractivity contribution is 7.13. The summed E-state index contributed by atoms with van der Waals surface area (Å²) >= 11 is 1.55. The molecular weight excluding hydrogens is 868 g/mol. The predicted molar refractivity (Wildman–Crippen MR) is 237 cm³/mol. The van der Waals surface area contributed by atoms with Crippen molar-refractivity contribution in [1.29, 1.82) is 0 Å². The molecule has 1 saturated heterocycles. The number of nitrogens with one attached hydrogen (secondary N) is 5. The zero-order chi connectivity index (χ0) is 46.9. The number of amides is 6. The number of hydrogen-bond donors (Lipinski definition) is 6. The molecule has 0 radical (unpaired) electrons. The lowest BCUT2D eigenvalue weighted by Gasteiger charge is -2.35. The molecule has 3 aromatic carbocycles. The van der Waals surface area contributed by atoms with Gasteiger partial charge in [0.15, 0.2) is 0 Å². The van der Waals surface area contributed by atoms with E-state index in [1.165, 1.54) is 17.0 Å². The minimum absolute atomic E-state index is 0.00920. The van der Waals surface area contributed by atoms with E-state index in [9.17, 15) is 42.3 Å². The summed E-state index contributed by atoms with van der Waals surface area (Å²) in [6.07, 6.45) is -3.31. The lowest BCUT2D eigenvalue weighted by molar-refractivity contribution is -0.274. The van der Waals surface area contributed by atoms with Crippen molar-refractivity contribution in [2.24, 2.45) is 5.41 Å². The number of ether oxygens (including phenoxy) is 2. The van der Waals surface area contributed by atoms with Crippen molar-refractivity contribution >= 4 is 46.7 Å². The van der Waals surface area contributed by atoms with Crippen molar-refractivity contribution in [2.75, 3.05) is 18.4 Å². The number of urea groups is 1. The number of aryl methyl sites for hydroxylation is 1. The third-order valence-electron chi connectivity index (χ3n) is 11.1. The van der Waals surface area contributed by atoms with Crippen LogP contribution >= 0.6 is 11.3 Å². The van der Waals surface area contributed by atoms with Crippen LogP contribution in [0.15, 0.2) is 78.3 Å². The molecule has 65 heavy (non-hydrogen) atoms. The Morgan fingerprint density at radius 1 is 0.892 bits per heavy atom. The maximum atomic E-state index is 14.0. The number of β-amino-alcohol motifs (C(OH)–C–C–N with tert-alkyl or cyclic N) is 1. The van der Waals surface area contributed by atoms with Crippen molar-refractivity contribution in [3.8, 4) is 21.9 Å². The smallest absolute Gasteiger partial charge is 0.490 e. The van der Waals surface area contributed by atoms with Gasteiger partial charge in [0.25, 0.3) is 5.91 Å². The standard InChI is InChI=1S/C46H54F3N7O8S/c1-27-39(65-26-52-27)29-7-5-28(6-8-29)24-51-42(60)37-23-33(57)25-56(37)43(61)40(45(2,3)4)55-38(58)21-22-50-41(59)30-9-15-34(16-10-30)63-35-17-11-31(12-18-35)53-44(62)54-32-13-19-36(20-14-32)64-46(47,48)49/h5-10,13-16,19-20,26,31,33,35,37,40,57H,11-12,17-18,21-25H2,1-4H3,(H,50,59)(H,51,60)(H,55,58)(H2,53,54,62)/t31?,33-,35?,37+,40-/m1/s1. The third-order valence-corrected chi connectivity index (χ3v) is 12.1. The lowest BCUT2D eigenvalue weighted by Crippen LogP contribution is -2.57. The molecule has 2 heterocycles. The van der Waals surface area contributed by atoms with Gasteiger partial charge in [-0.2, -0.15) is 0 Å². The molecule has 6 N–H and O–H groups in total. The van der Waals surface area contributed by atoms with Gasteiger partial charge in [-0.1, -0.05) is 45.0 Å². The predicted octanol–water partition coefficient (Wildman–Crippen LogP) is 6.46. The van der Waals surface area contributed by atoms with Crippen LogP contribution in [0.1, 0.15) is 80.9 Å². The number of hydrogen-bond acceptors (Lipinski definition) is 10. The van der Waals surface area contributed by atoms with Crippen LogP contribution in [0.2, 0.25) is 0 Å². The summed E-state index contributed by atoms with van der Waals surface area (Å²) < 4.78 is 47.2. The van der Waals surface area contributed by atoms with Crippen LogP contribution in [0.5, 0.6) is 11.5 Å². The number of nitrogens with zero attached hydrogens (tertiary/aromatic N) is 2. The van der Waals surface area contributed by atoms with E-state index in [1.807, 2.05) is 31.2 Å². The topological polar surface area (TPSA) is 200 Å². The number of benzene rings is 3. The fraction of sp³-hybridized carbons (Fsp3) is 0.435. The van der Waals surface area contributed by atoms with Crippen LogP contribution in [0.4, 0.5) is 23.7 Å². The zero-order valence-corrected chi connectivity index (χ0v) is 37.3. The SMILES string of the molecule is Cc1ncsc1-c1ccc(CNC(=O)[C@@H]2C[C@@H](O)CN2C(=O)[C@@H](NC(=O)CCNC(=O)c2ccc(OC3CCC(NC(=O)Nc4ccc(OC(F)(F)F)cc4)CC3)cc2)C(C)(C)C)cc1. The molecule has 19 heteroatoms. The second-order valence-electron chi connectivity index (χ2n) is 17.2. The van der Waals surface area contributed by atoms with Gasteiger partial charge < -0.3 is 46.1 Å². The Balaban J connectivity index is 0.907. The number of rotatable bonds is 15. The van der Waals surface area contributed by atoms with Gasteiger partial charge in [0.05, 0.1) is 28.3 Å². The van der Waals surface area contributed by atoms with Gasteiger partial charge in [-0.25, -0.2) is 9.78 Å². The number of alkyl halides is 3. The number of aliphatic hydroxyl groups excluding tert-OH is 1. The Morgan fingerprint density at radius 2 is 1.55 bits per heavy atom. The van der Waals surface area contributed by atoms with Crippen LogP contribution < -0.4 is 36.1 Å². The first-order chi connectivity index (χ1) is 30.8. The van der Waals surface area contributed by atoms with Gasteiger partial charge >= 0.3 is 12.4 Å². The molecule has 2 aliphatic rings. The van der Waals surface area contributed by atoms with Gasteiger partial charge in [-0.15, -0.1) is 24.5 Å². The van der Waals surface area contributed by atoms with Crippen molar-refractivity contribution in [2.45, 2.75) is 109 Å². The molecule has 6 amide bonds. The first-order valence-corrected chi connectivity index (χ1v) is 22.2. The average molecular weight is 922 g/mol. The molecule has 1 aromatic heterocycles. The molecule has 0 spiro atoms. The van der Waals surface area contributed by atoms with Crippen molar-refractivity contribution in [3.05, 3.63) is 95.1 Å². The maximum absolute atomic E-state index is 14.0. The van der Waals surface area contributed by atoms with E-state index < -0.39 is 65.4 Å². The summed E-state index contributed by atoms with van der Waals surface area (Å²) in [7, 11) is 0. The van der Waals surface area contributed by atoms with Crippen LogP contribution in [-0.4, -0.2) is 94.4 Å². The number of likely N-dealkylation sites (tertiary alicyclic amines) is 1. The minimum Gasteiger partial charge on any atom is -0.490 e. The molecule has 1 saturated carbocycles. The molecule has 4 aromatic rings. The third kappa shape index (κ3) is 13.9. The van der Waals surface area contributed by atoms with E-state index >= 15 is 0 Å². The molecule has 6 rings (SSSR count). The van der Waals surface area contributed by atoms with E-state index in [-0.39, 0.29) is 44.6 Å². The van der Waals surface area contributed by atoms with Crippen LogP contribution in [-0.2, 0) is 20.9 Å². The molecular formula is C46H54F3N7O8S. The Bertz CT molecular complexity index is 2280. The lowest BCUT2D eigenvalue weighted by atomic mass is 9.85. The highest BCUT2D eigenvalue weighted by atomic mass is 32.1. The molecule has 1 aliphatic carbocycles. The van der Waals surface area contributed by atoms with Crippen LogP contribution in [0.3, 0.4) is 0 Å². The summed E-state index contributed by atoms with van der Waals surface area (Å²) in [5.41, 5.74) is 4.54. The molecule has 1 aliphatic heterocycles. The highest BCUT2D eigenvalue weighted by Crippen LogP contribution is 2.30. The summed E-state index contributed by atoms with van der Waals surface area (Å²) in [6.45, 7) is 7.50. The zero-order valence-electron chi connectivity index (χ0n) is 36.5. The second-order valence-corrected chi connectivity index (χ2v) is 18.1. The normalized spacial score (nSPS) is 19.1. The van der Waals surface area contributed by atoms with Gasteiger partial charge in [-0.3, -0.25) is 19.2 Å². The van der Waals surface area contributed by atoms with Crippen LogP contribution in [0.25, 0.3) is 10.4 Å². The summed E-state index contributed by atoms with van der Waals surface area (Å²) in [6, 6.07) is 16.6. The van der Waals surface area contributed by atoms with E-state index in [4.69, 9.17) is 4.74 Å². The van der Waals surface area contributed by atoms with E-state index in [1.54, 1.807) is 61.9 Å². The summed E-state index contributed by atoms with van der Waals surface area (Å²) in [5.74, 6) is -1.61. The summed E-state index contributed by atoms with van der Waals surface area (Å²) in [5, 5.41) is 24.5. The van der Waals surface area contributed by atoms with Gasteiger partial charge in [-0.05, 0) is 97.7 Å². The molecule has 348 valence electrons. The van der Waals surface area contributed by atoms with Crippen molar-refractivity contribution in [1.82, 2.24) is 31.2 Å². The number of aromatic nitrogens is 1. The van der Waals surface area contributed by atoms with E-state index in [2.05, 4.69) is 36.3 Å². The average Bonchev–Trinajstić information content (AvgIpc) is 3.87. The maximum Gasteiger partial charge on any atom is 0.573 e.